The number of nitriles is 1. The summed E-state index contributed by atoms with van der Waals surface area (Å²) in [5.41, 5.74) is 1.48. The lowest BCUT2D eigenvalue weighted by Gasteiger charge is -2.14. The van der Waals surface area contributed by atoms with Crippen LogP contribution in [0.25, 0.3) is 6.08 Å². The molecule has 3 rings (SSSR count). The number of aromatic nitrogens is 2. The Kier molecular flexibility index (Phi) is 9.16. The van der Waals surface area contributed by atoms with Crippen LogP contribution in [0.4, 0.5) is 5.13 Å². The van der Waals surface area contributed by atoms with Crippen molar-refractivity contribution in [1.82, 2.24) is 9.36 Å². The van der Waals surface area contributed by atoms with Crippen LogP contribution in [-0.4, -0.2) is 41.8 Å². The van der Waals surface area contributed by atoms with Gasteiger partial charge in [0, 0.05) is 11.5 Å². The van der Waals surface area contributed by atoms with Crippen LogP contribution in [0.1, 0.15) is 11.1 Å². The van der Waals surface area contributed by atoms with Crippen LogP contribution >= 0.6 is 34.9 Å². The molecule has 176 valence electrons. The quantitative estimate of drug-likeness (QED) is 0.169. The molecule has 0 aliphatic heterocycles. The SMILES string of the molecule is COc1cc(/C=C(/C#N)C(=O)Nc2nc(SC)ns2)cc(Cl)c1OCCOc1cccc(C)c1. The van der Waals surface area contributed by atoms with Gasteiger partial charge in [-0.2, -0.15) is 14.6 Å². The highest BCUT2D eigenvalue weighted by atomic mass is 35.5. The monoisotopic (exact) mass is 516 g/mol. The van der Waals surface area contributed by atoms with Gasteiger partial charge in [0.15, 0.2) is 11.5 Å². The molecule has 0 aliphatic carbocycles. The number of rotatable bonds is 10. The van der Waals surface area contributed by atoms with Crippen molar-refractivity contribution in [2.75, 3.05) is 31.9 Å². The van der Waals surface area contributed by atoms with Gasteiger partial charge in [0.2, 0.25) is 10.3 Å². The predicted octanol–water partition coefficient (Wildman–Crippen LogP) is 5.23. The molecule has 11 heteroatoms. The summed E-state index contributed by atoms with van der Waals surface area (Å²) in [6.45, 7) is 2.54. The van der Waals surface area contributed by atoms with Crippen molar-refractivity contribution in [3.63, 3.8) is 0 Å². The zero-order valence-electron chi connectivity index (χ0n) is 18.6. The zero-order chi connectivity index (χ0) is 24.5. The molecule has 0 spiro atoms. The van der Waals surface area contributed by atoms with E-state index in [9.17, 15) is 10.1 Å². The average molecular weight is 517 g/mol. The standard InChI is InChI=1S/C23H21ClN4O4S2/c1-14-5-4-6-17(9-14)31-7-8-32-20-18(24)11-15(12-19(20)30-2)10-16(13-25)21(29)26-22-27-23(33-3)28-34-22/h4-6,9-12H,7-8H2,1-3H3,(H,26,27,28,29)/b16-10-. The summed E-state index contributed by atoms with van der Waals surface area (Å²) in [5, 5.41) is 13.2. The first kappa shape index (κ1) is 25.4. The molecule has 0 bridgehead atoms. The topological polar surface area (TPSA) is 106 Å². The Bertz CT molecular complexity index is 1240. The zero-order valence-corrected chi connectivity index (χ0v) is 21.0. The maximum atomic E-state index is 12.5. The Morgan fingerprint density at radius 3 is 2.76 bits per heavy atom. The van der Waals surface area contributed by atoms with Gasteiger partial charge in [0.25, 0.3) is 5.91 Å². The Balaban J connectivity index is 1.68. The molecule has 1 aromatic heterocycles. The number of carbonyl (C=O) groups is 1. The van der Waals surface area contributed by atoms with E-state index in [4.69, 9.17) is 25.8 Å². The second-order valence-corrected chi connectivity index (χ2v) is 8.69. The molecule has 1 N–H and O–H groups in total. The van der Waals surface area contributed by atoms with E-state index < -0.39 is 5.91 Å². The Hall–Kier alpha value is -3.26. The maximum absolute atomic E-state index is 12.5. The Morgan fingerprint density at radius 1 is 1.29 bits per heavy atom. The van der Waals surface area contributed by atoms with Crippen molar-refractivity contribution < 1.29 is 19.0 Å². The molecular formula is C23H21ClN4O4S2. The van der Waals surface area contributed by atoms with E-state index >= 15 is 0 Å². The second-order valence-electron chi connectivity index (χ2n) is 6.76. The highest BCUT2D eigenvalue weighted by Gasteiger charge is 2.16. The molecule has 3 aromatic rings. The van der Waals surface area contributed by atoms with E-state index in [0.29, 0.717) is 34.0 Å². The minimum Gasteiger partial charge on any atom is -0.493 e. The molecule has 0 saturated carbocycles. The maximum Gasteiger partial charge on any atom is 0.268 e. The van der Waals surface area contributed by atoms with E-state index in [-0.39, 0.29) is 17.2 Å². The number of nitrogens with one attached hydrogen (secondary N) is 1. The fourth-order valence-corrected chi connectivity index (χ4v) is 4.19. The van der Waals surface area contributed by atoms with Crippen molar-refractivity contribution in [3.8, 4) is 23.3 Å². The number of anilines is 1. The number of methoxy groups -OCH3 is 1. The largest absolute Gasteiger partial charge is 0.493 e. The van der Waals surface area contributed by atoms with E-state index in [0.717, 1.165) is 22.8 Å². The Labute approximate surface area is 210 Å². The smallest absolute Gasteiger partial charge is 0.268 e. The van der Waals surface area contributed by atoms with Crippen molar-refractivity contribution in [2.45, 2.75) is 12.1 Å². The summed E-state index contributed by atoms with van der Waals surface area (Å²) in [6.07, 6.45) is 3.24. The number of amides is 1. The minimum atomic E-state index is -0.602. The summed E-state index contributed by atoms with van der Waals surface area (Å²) in [6, 6.07) is 12.8. The molecule has 0 unspecified atom stereocenters. The van der Waals surface area contributed by atoms with E-state index in [1.807, 2.05) is 43.5 Å². The summed E-state index contributed by atoms with van der Waals surface area (Å²) >= 11 is 8.80. The summed E-state index contributed by atoms with van der Waals surface area (Å²) in [5.74, 6) is 0.856. The van der Waals surface area contributed by atoms with Crippen molar-refractivity contribution in [3.05, 3.63) is 58.1 Å². The van der Waals surface area contributed by atoms with Gasteiger partial charge in [-0.15, -0.1) is 0 Å². The molecule has 0 fully saturated rings. The van der Waals surface area contributed by atoms with Crippen LogP contribution in [0.15, 0.2) is 47.1 Å². The molecule has 8 nitrogen and oxygen atoms in total. The van der Waals surface area contributed by atoms with Crippen molar-refractivity contribution in [2.24, 2.45) is 0 Å². The summed E-state index contributed by atoms with van der Waals surface area (Å²) in [4.78, 5) is 16.6. The van der Waals surface area contributed by atoms with Crippen LogP contribution in [0.5, 0.6) is 17.2 Å². The number of halogens is 1. The lowest BCUT2D eigenvalue weighted by molar-refractivity contribution is -0.112. The fraction of sp³-hybridized carbons (Fsp3) is 0.217. The lowest BCUT2D eigenvalue weighted by atomic mass is 10.1. The normalized spacial score (nSPS) is 11.0. The number of thioether (sulfide) groups is 1. The van der Waals surface area contributed by atoms with Crippen LogP contribution in [-0.2, 0) is 4.79 Å². The van der Waals surface area contributed by atoms with Gasteiger partial charge in [0.05, 0.1) is 12.1 Å². The third-order valence-electron chi connectivity index (χ3n) is 4.33. The molecule has 0 saturated heterocycles. The number of nitrogens with zero attached hydrogens (tertiary/aromatic N) is 3. The Morgan fingerprint density at radius 2 is 2.09 bits per heavy atom. The molecular weight excluding hydrogens is 496 g/mol. The predicted molar refractivity (Wildman–Crippen MR) is 134 cm³/mol. The molecule has 1 heterocycles. The highest BCUT2D eigenvalue weighted by Crippen LogP contribution is 2.37. The molecule has 34 heavy (non-hydrogen) atoms. The van der Waals surface area contributed by atoms with Crippen molar-refractivity contribution in [1.29, 1.82) is 5.26 Å². The van der Waals surface area contributed by atoms with Gasteiger partial charge in [-0.25, -0.2) is 0 Å². The molecule has 2 aromatic carbocycles. The number of hydrogen-bond donors (Lipinski definition) is 1. The van der Waals surface area contributed by atoms with Gasteiger partial charge in [-0.3, -0.25) is 10.1 Å². The lowest BCUT2D eigenvalue weighted by Crippen LogP contribution is -2.13. The first-order valence-corrected chi connectivity index (χ1v) is 12.3. The van der Waals surface area contributed by atoms with Gasteiger partial charge >= 0.3 is 0 Å². The highest BCUT2D eigenvalue weighted by molar-refractivity contribution is 7.98. The van der Waals surface area contributed by atoms with Gasteiger partial charge < -0.3 is 14.2 Å². The molecule has 1 amide bonds. The molecule has 0 radical (unpaired) electrons. The number of hydrogen-bond acceptors (Lipinski definition) is 9. The first-order valence-electron chi connectivity index (χ1n) is 9.94. The van der Waals surface area contributed by atoms with Crippen molar-refractivity contribution >= 4 is 52.0 Å². The number of carbonyl (C=O) groups excluding carboxylic acids is 1. The number of benzene rings is 2. The van der Waals surface area contributed by atoms with Crippen LogP contribution in [0.3, 0.4) is 0 Å². The fourth-order valence-electron chi connectivity index (χ4n) is 2.79. The van der Waals surface area contributed by atoms with Crippen LogP contribution in [0, 0.1) is 18.3 Å². The van der Waals surface area contributed by atoms with Gasteiger partial charge in [-0.05, 0) is 54.6 Å². The minimum absolute atomic E-state index is 0.126. The van der Waals surface area contributed by atoms with E-state index in [1.165, 1.54) is 24.9 Å². The van der Waals surface area contributed by atoms with Gasteiger partial charge in [-0.1, -0.05) is 35.5 Å². The summed E-state index contributed by atoms with van der Waals surface area (Å²) in [7, 11) is 1.48. The third kappa shape index (κ3) is 6.87. The number of ether oxygens (including phenoxy) is 3. The second kappa shape index (κ2) is 12.3. The first-order chi connectivity index (χ1) is 16.4. The van der Waals surface area contributed by atoms with Crippen LogP contribution < -0.4 is 19.5 Å². The van der Waals surface area contributed by atoms with Gasteiger partial charge in [0.1, 0.15) is 30.6 Å². The number of aryl methyl sites for hydroxylation is 1. The third-order valence-corrected chi connectivity index (χ3v) is 5.90. The molecule has 0 aliphatic rings. The average Bonchev–Trinajstić information content (AvgIpc) is 3.28. The van der Waals surface area contributed by atoms with Crippen LogP contribution in [0.2, 0.25) is 5.02 Å². The summed E-state index contributed by atoms with van der Waals surface area (Å²) < 4.78 is 20.9. The van der Waals surface area contributed by atoms with E-state index in [1.54, 1.807) is 12.1 Å². The molecule has 0 atom stereocenters. The van der Waals surface area contributed by atoms with E-state index in [2.05, 4.69) is 14.7 Å².